The van der Waals surface area contributed by atoms with Crippen LogP contribution in [0.25, 0.3) is 0 Å². The molecule has 0 aromatic rings. The van der Waals surface area contributed by atoms with Crippen molar-refractivity contribution in [3.63, 3.8) is 0 Å². The Morgan fingerprint density at radius 2 is 2.29 bits per heavy atom. The van der Waals surface area contributed by atoms with E-state index in [0.29, 0.717) is 0 Å². The Morgan fingerprint density at radius 3 is 2.64 bits per heavy atom. The quantitative estimate of drug-likeness (QED) is 0.476. The van der Waals surface area contributed by atoms with E-state index in [1.165, 1.54) is 4.90 Å². The van der Waals surface area contributed by atoms with Crippen LogP contribution in [-0.2, 0) is 20.8 Å². The van der Waals surface area contributed by atoms with Crippen molar-refractivity contribution in [3.05, 3.63) is 0 Å². The number of rotatable bonds is 1. The maximum atomic E-state index is 11.8. The molecule has 0 bridgehead atoms. The first-order valence-electron chi connectivity index (χ1n) is 4.32. The standard InChI is InChI=1S/C8H11NO4S/c1-8(2)6(7(11)12)9-4(10)3-5(9)14(8)13/h5-6H,3H2,1-2H3,(H,11,12)/t5-,6+,14?/m1/s1. The number of fused-ring (bicyclic) bond motifs is 1. The molecule has 2 rings (SSSR count). The molecule has 1 amide bonds. The van der Waals surface area contributed by atoms with Gasteiger partial charge < -0.3 is 9.66 Å². The smallest absolute Gasteiger partial charge is 0.332 e. The Balaban J connectivity index is 2.37. The zero-order valence-electron chi connectivity index (χ0n) is 7.89. The van der Waals surface area contributed by atoms with E-state index in [2.05, 4.69) is 0 Å². The lowest BCUT2D eigenvalue weighted by atomic mass is 9.98. The summed E-state index contributed by atoms with van der Waals surface area (Å²) in [5.41, 5.74) is 0. The predicted molar refractivity (Wildman–Crippen MR) is 48.9 cm³/mol. The summed E-state index contributed by atoms with van der Waals surface area (Å²) in [5, 5.41) is 8.60. The van der Waals surface area contributed by atoms with Crippen molar-refractivity contribution in [2.45, 2.75) is 36.4 Å². The third-order valence-electron chi connectivity index (χ3n) is 2.88. The minimum Gasteiger partial charge on any atom is -0.614 e. The van der Waals surface area contributed by atoms with Crippen LogP contribution in [0, 0.1) is 0 Å². The Morgan fingerprint density at radius 1 is 1.71 bits per heavy atom. The fourth-order valence-electron chi connectivity index (χ4n) is 2.10. The molecule has 6 heteroatoms. The average molecular weight is 217 g/mol. The molecule has 0 radical (unpaired) electrons. The van der Waals surface area contributed by atoms with Crippen molar-refractivity contribution in [3.8, 4) is 0 Å². The van der Waals surface area contributed by atoms with E-state index in [1.54, 1.807) is 13.8 Å². The van der Waals surface area contributed by atoms with E-state index < -0.39 is 27.9 Å². The second-order valence-corrected chi connectivity index (χ2v) is 6.29. The van der Waals surface area contributed by atoms with Crippen LogP contribution in [0.5, 0.6) is 0 Å². The van der Waals surface area contributed by atoms with E-state index in [4.69, 9.17) is 5.11 Å². The molecule has 2 aliphatic rings. The zero-order chi connectivity index (χ0) is 10.7. The maximum absolute atomic E-state index is 11.8. The van der Waals surface area contributed by atoms with Crippen LogP contribution in [0.3, 0.4) is 0 Å². The van der Waals surface area contributed by atoms with Crippen molar-refractivity contribution in [2.24, 2.45) is 0 Å². The Bertz CT molecular complexity index is 316. The highest BCUT2D eigenvalue weighted by molar-refractivity contribution is 7.93. The molecule has 2 saturated heterocycles. The van der Waals surface area contributed by atoms with Gasteiger partial charge in [-0.15, -0.1) is 0 Å². The second kappa shape index (κ2) is 2.64. The first-order chi connectivity index (χ1) is 6.37. The number of β-lactam (4-membered cyclic amide) rings is 1. The van der Waals surface area contributed by atoms with Crippen LogP contribution in [0.1, 0.15) is 20.3 Å². The number of hydrogen-bond acceptors (Lipinski definition) is 3. The number of hydrogen-bond donors (Lipinski definition) is 1. The predicted octanol–water partition coefficient (Wildman–Crippen LogP) is -0.461. The van der Waals surface area contributed by atoms with Gasteiger partial charge in [-0.2, -0.15) is 0 Å². The molecule has 2 aliphatic heterocycles. The fourth-order valence-corrected chi connectivity index (χ4v) is 3.98. The highest BCUT2D eigenvalue weighted by atomic mass is 32.2. The van der Waals surface area contributed by atoms with Crippen molar-refractivity contribution < 1.29 is 19.2 Å². The molecule has 5 nitrogen and oxygen atoms in total. The number of carboxylic acids is 1. The molecular formula is C8H11NO4S. The molecule has 2 heterocycles. The van der Waals surface area contributed by atoms with E-state index in [1.807, 2.05) is 0 Å². The van der Waals surface area contributed by atoms with Crippen molar-refractivity contribution in [1.82, 2.24) is 4.90 Å². The number of nitrogens with zero attached hydrogens (tertiary/aromatic N) is 1. The Kier molecular flexibility index (Phi) is 1.84. The lowest BCUT2D eigenvalue weighted by Crippen LogP contribution is -2.57. The highest BCUT2D eigenvalue weighted by Gasteiger charge is 2.67. The van der Waals surface area contributed by atoms with Crippen molar-refractivity contribution >= 4 is 23.1 Å². The van der Waals surface area contributed by atoms with Crippen LogP contribution in [0.15, 0.2) is 0 Å². The van der Waals surface area contributed by atoms with Gasteiger partial charge in [0.05, 0.1) is 6.42 Å². The molecule has 1 unspecified atom stereocenters. The zero-order valence-corrected chi connectivity index (χ0v) is 8.71. The number of carbonyl (C=O) groups is 2. The summed E-state index contributed by atoms with van der Waals surface area (Å²) in [7, 11) is 0. The maximum Gasteiger partial charge on any atom is 0.332 e. The van der Waals surface area contributed by atoms with Gasteiger partial charge in [0.1, 0.15) is 0 Å². The number of amides is 1. The SMILES string of the molecule is CC1(C)[C@H](C(=O)O)N2C(=O)C[C@H]2[S+]1[O-]. The summed E-state index contributed by atoms with van der Waals surface area (Å²) < 4.78 is 11.0. The first kappa shape index (κ1) is 9.79. The van der Waals surface area contributed by atoms with Gasteiger partial charge >= 0.3 is 5.97 Å². The van der Waals surface area contributed by atoms with Crippen molar-refractivity contribution in [1.29, 1.82) is 0 Å². The van der Waals surface area contributed by atoms with E-state index in [0.717, 1.165) is 0 Å². The van der Waals surface area contributed by atoms with Gasteiger partial charge in [-0.05, 0) is 25.0 Å². The van der Waals surface area contributed by atoms with Gasteiger partial charge in [-0.3, -0.25) is 9.69 Å². The molecule has 0 saturated carbocycles. The molecule has 0 aromatic heterocycles. The van der Waals surface area contributed by atoms with Crippen molar-refractivity contribution in [2.75, 3.05) is 0 Å². The molecule has 1 N–H and O–H groups in total. The van der Waals surface area contributed by atoms with E-state index >= 15 is 0 Å². The molecule has 0 aromatic carbocycles. The summed E-state index contributed by atoms with van der Waals surface area (Å²) in [5.74, 6) is -1.28. The van der Waals surface area contributed by atoms with Crippen LogP contribution >= 0.6 is 0 Å². The minimum atomic E-state index is -1.27. The second-order valence-electron chi connectivity index (χ2n) is 4.10. The third-order valence-corrected chi connectivity index (χ3v) is 5.03. The molecular weight excluding hydrogens is 206 g/mol. The van der Waals surface area contributed by atoms with Crippen LogP contribution in [-0.4, -0.2) is 42.6 Å². The monoisotopic (exact) mass is 217 g/mol. The lowest BCUT2D eigenvalue weighted by molar-refractivity contribution is -0.157. The Hall–Kier alpha value is -0.750. The van der Waals surface area contributed by atoms with E-state index in [-0.39, 0.29) is 17.7 Å². The molecule has 2 fully saturated rings. The van der Waals surface area contributed by atoms with Gasteiger partial charge in [0.15, 0.2) is 10.8 Å². The van der Waals surface area contributed by atoms with Crippen LogP contribution in [0.4, 0.5) is 0 Å². The summed E-state index contributed by atoms with van der Waals surface area (Å²) in [6, 6.07) is -0.936. The molecule has 14 heavy (non-hydrogen) atoms. The number of carbonyl (C=O) groups excluding carboxylic acids is 1. The van der Waals surface area contributed by atoms with Gasteiger partial charge in [0.25, 0.3) is 0 Å². The molecule has 0 spiro atoms. The van der Waals surface area contributed by atoms with Gasteiger partial charge in [0.2, 0.25) is 11.3 Å². The summed E-state index contributed by atoms with van der Waals surface area (Å²) in [6.07, 6.45) is 0.222. The minimum absolute atomic E-state index is 0.207. The largest absolute Gasteiger partial charge is 0.614 e. The van der Waals surface area contributed by atoms with Crippen LogP contribution in [0.2, 0.25) is 0 Å². The Labute approximate surface area is 84.3 Å². The summed E-state index contributed by atoms with van der Waals surface area (Å²) in [4.78, 5) is 23.4. The topological polar surface area (TPSA) is 80.7 Å². The highest BCUT2D eigenvalue weighted by Crippen LogP contribution is 2.45. The first-order valence-corrected chi connectivity index (χ1v) is 5.53. The van der Waals surface area contributed by atoms with Gasteiger partial charge in [0, 0.05) is 0 Å². The average Bonchev–Trinajstić information content (AvgIpc) is 2.21. The van der Waals surface area contributed by atoms with Crippen LogP contribution < -0.4 is 0 Å². The third kappa shape index (κ3) is 0.951. The molecule has 78 valence electrons. The normalized spacial score (nSPS) is 39.2. The summed E-state index contributed by atoms with van der Waals surface area (Å²) in [6.45, 7) is 3.26. The lowest BCUT2D eigenvalue weighted by Gasteiger charge is -2.33. The van der Waals surface area contributed by atoms with Gasteiger partial charge in [-0.25, -0.2) is 4.79 Å². The summed E-state index contributed by atoms with van der Waals surface area (Å²) >= 11 is -1.27. The van der Waals surface area contributed by atoms with Gasteiger partial charge in [-0.1, -0.05) is 0 Å². The molecule has 3 atom stereocenters. The number of aliphatic carboxylic acids is 1. The fraction of sp³-hybridized carbons (Fsp3) is 0.750. The van der Waals surface area contributed by atoms with E-state index in [9.17, 15) is 14.1 Å². The number of carboxylic acid groups (broad SMARTS) is 1. The molecule has 0 aliphatic carbocycles.